The number of hydrogen-bond acceptors (Lipinski definition) is 2. The molecular weight excluding hydrogens is 277 g/mol. The van der Waals surface area contributed by atoms with Crippen LogP contribution in [0.4, 0.5) is 4.39 Å². The first kappa shape index (κ1) is 15.0. The summed E-state index contributed by atoms with van der Waals surface area (Å²) in [6, 6.07) is 13.5. The highest BCUT2D eigenvalue weighted by atomic mass is 35.5. The maximum Gasteiger partial charge on any atom is 0.123 e. The lowest BCUT2D eigenvalue weighted by Gasteiger charge is -2.22. The van der Waals surface area contributed by atoms with Crippen LogP contribution < -0.4 is 5.73 Å². The quantitative estimate of drug-likeness (QED) is 0.901. The Labute approximate surface area is 123 Å². The first-order chi connectivity index (χ1) is 9.56. The Morgan fingerprint density at radius 2 is 1.90 bits per heavy atom. The Kier molecular flexibility index (Phi) is 5.12. The van der Waals surface area contributed by atoms with Crippen molar-refractivity contribution < 1.29 is 9.13 Å². The molecule has 2 rings (SSSR count). The van der Waals surface area contributed by atoms with E-state index in [1.54, 1.807) is 6.07 Å². The van der Waals surface area contributed by atoms with E-state index < -0.39 is 0 Å². The van der Waals surface area contributed by atoms with E-state index in [9.17, 15) is 4.39 Å². The lowest BCUT2D eigenvalue weighted by Crippen LogP contribution is -2.27. The van der Waals surface area contributed by atoms with Crippen LogP contribution in [0.1, 0.15) is 24.2 Å². The third kappa shape index (κ3) is 4.04. The van der Waals surface area contributed by atoms with Crippen molar-refractivity contribution in [2.75, 3.05) is 0 Å². The molecule has 0 saturated carbocycles. The van der Waals surface area contributed by atoms with Gasteiger partial charge >= 0.3 is 0 Å². The second kappa shape index (κ2) is 6.84. The highest BCUT2D eigenvalue weighted by molar-refractivity contribution is 6.30. The summed E-state index contributed by atoms with van der Waals surface area (Å²) >= 11 is 5.84. The van der Waals surface area contributed by atoms with Crippen molar-refractivity contribution >= 4 is 11.6 Å². The molecule has 0 amide bonds. The van der Waals surface area contributed by atoms with Gasteiger partial charge in [0.15, 0.2) is 0 Å². The highest BCUT2D eigenvalue weighted by Gasteiger charge is 2.17. The molecule has 0 aromatic heterocycles. The van der Waals surface area contributed by atoms with Gasteiger partial charge in [-0.2, -0.15) is 0 Å². The van der Waals surface area contributed by atoms with Crippen LogP contribution in [-0.2, 0) is 11.3 Å². The van der Waals surface area contributed by atoms with Gasteiger partial charge < -0.3 is 10.5 Å². The van der Waals surface area contributed by atoms with Crippen LogP contribution in [0, 0.1) is 5.82 Å². The van der Waals surface area contributed by atoms with Crippen molar-refractivity contribution in [2.24, 2.45) is 5.73 Å². The van der Waals surface area contributed by atoms with Crippen LogP contribution >= 0.6 is 11.6 Å². The van der Waals surface area contributed by atoms with Crippen molar-refractivity contribution in [2.45, 2.75) is 25.7 Å². The summed E-state index contributed by atoms with van der Waals surface area (Å²) in [5, 5.41) is 0.683. The molecule has 0 radical (unpaired) electrons. The van der Waals surface area contributed by atoms with E-state index in [0.29, 0.717) is 11.6 Å². The fourth-order valence-electron chi connectivity index (χ4n) is 2.00. The summed E-state index contributed by atoms with van der Waals surface area (Å²) in [6.07, 6.45) is -0.346. The number of hydrogen-bond donors (Lipinski definition) is 1. The minimum atomic E-state index is -0.346. The monoisotopic (exact) mass is 293 g/mol. The van der Waals surface area contributed by atoms with Gasteiger partial charge in [-0.05, 0) is 42.3 Å². The molecule has 106 valence electrons. The van der Waals surface area contributed by atoms with E-state index in [-0.39, 0.29) is 18.0 Å². The summed E-state index contributed by atoms with van der Waals surface area (Å²) in [4.78, 5) is 0. The van der Waals surface area contributed by atoms with Crippen molar-refractivity contribution in [3.05, 3.63) is 70.5 Å². The van der Waals surface area contributed by atoms with Crippen molar-refractivity contribution in [3.8, 4) is 0 Å². The zero-order chi connectivity index (χ0) is 14.5. The molecule has 2 unspecified atom stereocenters. The standard InChI is InChI=1S/C16H17ClFNO/c1-11(19)16(13-3-2-4-15(18)9-13)20-10-12-5-7-14(17)8-6-12/h2-9,11,16H,10,19H2,1H3. The minimum absolute atomic E-state index is 0.232. The predicted octanol–water partition coefficient (Wildman–Crippen LogP) is 4.08. The molecule has 0 aliphatic rings. The summed E-state index contributed by atoms with van der Waals surface area (Å²) in [5.41, 5.74) is 7.68. The summed E-state index contributed by atoms with van der Waals surface area (Å²) in [7, 11) is 0. The van der Waals surface area contributed by atoms with Gasteiger partial charge in [-0.1, -0.05) is 35.9 Å². The fourth-order valence-corrected chi connectivity index (χ4v) is 2.13. The molecular formula is C16H17ClFNO. The number of ether oxygens (including phenoxy) is 1. The van der Waals surface area contributed by atoms with Crippen molar-refractivity contribution in [3.63, 3.8) is 0 Å². The molecule has 2 nitrogen and oxygen atoms in total. The van der Waals surface area contributed by atoms with Crippen molar-refractivity contribution in [1.82, 2.24) is 0 Å². The smallest absolute Gasteiger partial charge is 0.123 e. The summed E-state index contributed by atoms with van der Waals surface area (Å²) in [5.74, 6) is -0.289. The van der Waals surface area contributed by atoms with Gasteiger partial charge in [0.05, 0.1) is 12.7 Å². The molecule has 2 atom stereocenters. The largest absolute Gasteiger partial charge is 0.367 e. The molecule has 2 N–H and O–H groups in total. The Balaban J connectivity index is 2.08. The molecule has 0 aliphatic carbocycles. The van der Waals surface area contributed by atoms with Crippen LogP contribution in [-0.4, -0.2) is 6.04 Å². The zero-order valence-corrected chi connectivity index (χ0v) is 12.0. The Hall–Kier alpha value is -1.42. The second-order valence-corrected chi connectivity index (χ2v) is 5.21. The predicted molar refractivity (Wildman–Crippen MR) is 79.0 cm³/mol. The Morgan fingerprint density at radius 1 is 1.20 bits per heavy atom. The normalized spacial score (nSPS) is 14.0. The van der Waals surface area contributed by atoms with Gasteiger partial charge in [-0.25, -0.2) is 4.39 Å². The molecule has 0 heterocycles. The lowest BCUT2D eigenvalue weighted by molar-refractivity contribution is 0.0257. The van der Waals surface area contributed by atoms with Crippen LogP contribution in [0.25, 0.3) is 0 Å². The molecule has 0 spiro atoms. The van der Waals surface area contributed by atoms with Gasteiger partial charge in [0.25, 0.3) is 0 Å². The second-order valence-electron chi connectivity index (χ2n) is 4.77. The van der Waals surface area contributed by atoms with E-state index in [1.807, 2.05) is 37.3 Å². The minimum Gasteiger partial charge on any atom is -0.367 e. The van der Waals surface area contributed by atoms with Gasteiger partial charge in [-0.15, -0.1) is 0 Å². The third-order valence-corrected chi connectivity index (χ3v) is 3.25. The van der Waals surface area contributed by atoms with E-state index in [4.69, 9.17) is 22.1 Å². The van der Waals surface area contributed by atoms with E-state index >= 15 is 0 Å². The average Bonchev–Trinajstić information content (AvgIpc) is 2.41. The van der Waals surface area contributed by atoms with Crippen LogP contribution in [0.3, 0.4) is 0 Å². The first-order valence-electron chi connectivity index (χ1n) is 6.43. The zero-order valence-electron chi connectivity index (χ0n) is 11.2. The summed E-state index contributed by atoms with van der Waals surface area (Å²) in [6.45, 7) is 2.25. The summed E-state index contributed by atoms with van der Waals surface area (Å²) < 4.78 is 19.1. The number of halogens is 2. The van der Waals surface area contributed by atoms with E-state index in [0.717, 1.165) is 11.1 Å². The maximum absolute atomic E-state index is 13.3. The Morgan fingerprint density at radius 3 is 2.50 bits per heavy atom. The molecule has 4 heteroatoms. The molecule has 2 aromatic carbocycles. The molecule has 0 saturated heterocycles. The molecule has 2 aromatic rings. The van der Waals surface area contributed by atoms with Crippen LogP contribution in [0.5, 0.6) is 0 Å². The maximum atomic E-state index is 13.3. The fraction of sp³-hybridized carbons (Fsp3) is 0.250. The average molecular weight is 294 g/mol. The highest BCUT2D eigenvalue weighted by Crippen LogP contribution is 2.23. The van der Waals surface area contributed by atoms with E-state index in [2.05, 4.69) is 0 Å². The molecule has 0 aliphatic heterocycles. The Bertz CT molecular complexity index is 557. The first-order valence-corrected chi connectivity index (χ1v) is 6.81. The number of benzene rings is 2. The lowest BCUT2D eigenvalue weighted by atomic mass is 10.0. The van der Waals surface area contributed by atoms with E-state index in [1.165, 1.54) is 12.1 Å². The topological polar surface area (TPSA) is 35.2 Å². The molecule has 0 bridgehead atoms. The number of nitrogens with two attached hydrogens (primary N) is 1. The van der Waals surface area contributed by atoms with Gasteiger partial charge in [0.2, 0.25) is 0 Å². The molecule has 20 heavy (non-hydrogen) atoms. The van der Waals surface area contributed by atoms with Crippen LogP contribution in [0.2, 0.25) is 5.02 Å². The van der Waals surface area contributed by atoms with Crippen molar-refractivity contribution in [1.29, 1.82) is 0 Å². The number of rotatable bonds is 5. The third-order valence-electron chi connectivity index (χ3n) is 3.00. The SMILES string of the molecule is CC(N)C(OCc1ccc(Cl)cc1)c1cccc(F)c1. The molecule has 0 fully saturated rings. The van der Waals surface area contributed by atoms with Gasteiger partial charge in [0, 0.05) is 11.1 Å². The van der Waals surface area contributed by atoms with Gasteiger partial charge in [-0.3, -0.25) is 0 Å². The van der Waals surface area contributed by atoms with Gasteiger partial charge in [0.1, 0.15) is 5.82 Å². The van der Waals surface area contributed by atoms with Crippen LogP contribution in [0.15, 0.2) is 48.5 Å².